The Bertz CT molecular complexity index is 369. The SMILES string of the molecule is Cc1ccc(CC(C)(O)CCC(C)C)c(Cl)c1. The Hall–Kier alpha value is -0.530. The van der Waals surface area contributed by atoms with Gasteiger partial charge in [0.2, 0.25) is 0 Å². The number of aliphatic hydroxyl groups is 1. The van der Waals surface area contributed by atoms with Gasteiger partial charge >= 0.3 is 0 Å². The average molecular weight is 255 g/mol. The molecule has 1 atom stereocenters. The first-order valence-electron chi connectivity index (χ1n) is 6.27. The van der Waals surface area contributed by atoms with E-state index in [2.05, 4.69) is 13.8 Å². The summed E-state index contributed by atoms with van der Waals surface area (Å²) >= 11 is 6.19. The normalized spacial score (nSPS) is 15.0. The number of hydrogen-bond acceptors (Lipinski definition) is 1. The number of hydrogen-bond donors (Lipinski definition) is 1. The largest absolute Gasteiger partial charge is 0.390 e. The van der Waals surface area contributed by atoms with E-state index in [1.165, 1.54) is 0 Å². The summed E-state index contributed by atoms with van der Waals surface area (Å²) in [6.45, 7) is 8.27. The highest BCUT2D eigenvalue weighted by Gasteiger charge is 2.22. The molecule has 17 heavy (non-hydrogen) atoms. The van der Waals surface area contributed by atoms with Crippen LogP contribution in [0.3, 0.4) is 0 Å². The van der Waals surface area contributed by atoms with Crippen LogP contribution in [0.4, 0.5) is 0 Å². The van der Waals surface area contributed by atoms with Crippen LogP contribution < -0.4 is 0 Å². The molecule has 1 aromatic carbocycles. The Morgan fingerprint density at radius 3 is 2.53 bits per heavy atom. The van der Waals surface area contributed by atoms with Crippen LogP contribution >= 0.6 is 11.6 Å². The van der Waals surface area contributed by atoms with E-state index in [-0.39, 0.29) is 0 Å². The van der Waals surface area contributed by atoms with E-state index in [4.69, 9.17) is 11.6 Å². The van der Waals surface area contributed by atoms with Gasteiger partial charge in [0.05, 0.1) is 5.60 Å². The number of benzene rings is 1. The highest BCUT2D eigenvalue weighted by atomic mass is 35.5. The van der Waals surface area contributed by atoms with Gasteiger partial charge in [0.15, 0.2) is 0 Å². The number of rotatable bonds is 5. The first-order chi connectivity index (χ1) is 7.80. The summed E-state index contributed by atoms with van der Waals surface area (Å²) in [6, 6.07) is 6.01. The lowest BCUT2D eigenvalue weighted by Gasteiger charge is -2.25. The summed E-state index contributed by atoms with van der Waals surface area (Å²) in [5.74, 6) is 0.620. The minimum atomic E-state index is -0.664. The molecule has 1 N–H and O–H groups in total. The molecule has 2 heteroatoms. The zero-order valence-corrected chi connectivity index (χ0v) is 12.0. The fraction of sp³-hybridized carbons (Fsp3) is 0.600. The fourth-order valence-corrected chi connectivity index (χ4v) is 2.20. The van der Waals surface area contributed by atoms with Crippen LogP contribution in [-0.4, -0.2) is 10.7 Å². The molecule has 0 amide bonds. The average Bonchev–Trinajstić information content (AvgIpc) is 2.20. The third-order valence-electron chi connectivity index (χ3n) is 3.04. The second-order valence-electron chi connectivity index (χ2n) is 5.70. The predicted octanol–water partition coefficient (Wildman–Crippen LogP) is 4.38. The van der Waals surface area contributed by atoms with Crippen LogP contribution in [0.25, 0.3) is 0 Å². The van der Waals surface area contributed by atoms with Crippen molar-refractivity contribution >= 4 is 11.6 Å². The molecule has 1 aromatic rings. The monoisotopic (exact) mass is 254 g/mol. The van der Waals surface area contributed by atoms with Gasteiger partial charge < -0.3 is 5.11 Å². The van der Waals surface area contributed by atoms with Gasteiger partial charge in [-0.3, -0.25) is 0 Å². The van der Waals surface area contributed by atoms with E-state index in [1.54, 1.807) is 0 Å². The Kier molecular flexibility index (Phi) is 5.03. The van der Waals surface area contributed by atoms with Crippen LogP contribution in [0.1, 0.15) is 44.7 Å². The van der Waals surface area contributed by atoms with Gasteiger partial charge in [-0.15, -0.1) is 0 Å². The lowest BCUT2D eigenvalue weighted by Crippen LogP contribution is -2.27. The first kappa shape index (κ1) is 14.5. The minimum Gasteiger partial charge on any atom is -0.390 e. The lowest BCUT2D eigenvalue weighted by molar-refractivity contribution is 0.0457. The molecule has 0 saturated heterocycles. The van der Waals surface area contributed by atoms with Crippen molar-refractivity contribution in [2.24, 2.45) is 5.92 Å². The van der Waals surface area contributed by atoms with E-state index in [0.29, 0.717) is 12.3 Å². The molecule has 0 aliphatic rings. The molecule has 0 aliphatic carbocycles. The van der Waals surface area contributed by atoms with Crippen molar-refractivity contribution in [2.45, 2.75) is 52.6 Å². The maximum Gasteiger partial charge on any atom is 0.0660 e. The van der Waals surface area contributed by atoms with Gasteiger partial charge in [0.1, 0.15) is 0 Å². The first-order valence-corrected chi connectivity index (χ1v) is 6.65. The number of aryl methyl sites for hydroxylation is 1. The molecule has 1 unspecified atom stereocenters. The smallest absolute Gasteiger partial charge is 0.0660 e. The summed E-state index contributed by atoms with van der Waals surface area (Å²) in [4.78, 5) is 0. The molecule has 0 spiro atoms. The summed E-state index contributed by atoms with van der Waals surface area (Å²) in [5, 5.41) is 11.1. The highest BCUT2D eigenvalue weighted by Crippen LogP contribution is 2.26. The molecule has 0 heterocycles. The summed E-state index contributed by atoms with van der Waals surface area (Å²) < 4.78 is 0. The zero-order chi connectivity index (χ0) is 13.1. The van der Waals surface area contributed by atoms with Gasteiger partial charge in [-0.1, -0.05) is 37.6 Å². The Labute approximate surface area is 110 Å². The van der Waals surface area contributed by atoms with Crippen molar-refractivity contribution in [1.82, 2.24) is 0 Å². The van der Waals surface area contributed by atoms with Crippen LogP contribution in [-0.2, 0) is 6.42 Å². The van der Waals surface area contributed by atoms with E-state index in [9.17, 15) is 5.11 Å². The molecule has 0 radical (unpaired) electrons. The third kappa shape index (κ3) is 5.10. The molecule has 0 aliphatic heterocycles. The maximum absolute atomic E-state index is 10.4. The van der Waals surface area contributed by atoms with E-state index >= 15 is 0 Å². The molecule has 0 saturated carbocycles. The fourth-order valence-electron chi connectivity index (χ4n) is 1.89. The molecule has 0 bridgehead atoms. The molecule has 0 fully saturated rings. The van der Waals surface area contributed by atoms with Crippen LogP contribution in [0.5, 0.6) is 0 Å². The summed E-state index contributed by atoms with van der Waals surface area (Å²) in [5.41, 5.74) is 1.52. The number of halogens is 1. The second kappa shape index (κ2) is 5.88. The van der Waals surface area contributed by atoms with Crippen molar-refractivity contribution in [3.8, 4) is 0 Å². The van der Waals surface area contributed by atoms with Crippen molar-refractivity contribution in [3.63, 3.8) is 0 Å². The molecule has 1 rings (SSSR count). The topological polar surface area (TPSA) is 20.2 Å². The van der Waals surface area contributed by atoms with E-state index in [0.717, 1.165) is 29.0 Å². The summed E-state index contributed by atoms with van der Waals surface area (Å²) in [6.07, 6.45) is 2.48. The molecular weight excluding hydrogens is 232 g/mol. The van der Waals surface area contributed by atoms with Crippen LogP contribution in [0.2, 0.25) is 5.02 Å². The van der Waals surface area contributed by atoms with Gasteiger partial charge in [-0.2, -0.15) is 0 Å². The molecular formula is C15H23ClO. The maximum atomic E-state index is 10.4. The second-order valence-corrected chi connectivity index (χ2v) is 6.11. The third-order valence-corrected chi connectivity index (χ3v) is 3.39. The van der Waals surface area contributed by atoms with Crippen molar-refractivity contribution < 1.29 is 5.11 Å². The summed E-state index contributed by atoms with van der Waals surface area (Å²) in [7, 11) is 0. The van der Waals surface area contributed by atoms with Crippen molar-refractivity contribution in [2.75, 3.05) is 0 Å². The van der Waals surface area contributed by atoms with Crippen LogP contribution in [0.15, 0.2) is 18.2 Å². The lowest BCUT2D eigenvalue weighted by atomic mass is 9.89. The molecule has 0 aromatic heterocycles. The highest BCUT2D eigenvalue weighted by molar-refractivity contribution is 6.31. The van der Waals surface area contributed by atoms with E-state index < -0.39 is 5.60 Å². The Morgan fingerprint density at radius 1 is 1.35 bits per heavy atom. The standard InChI is InChI=1S/C15H23ClO/c1-11(2)7-8-15(4,17)10-13-6-5-12(3)9-14(13)16/h5-6,9,11,17H,7-8,10H2,1-4H3. The Morgan fingerprint density at radius 2 is 2.00 bits per heavy atom. The molecule has 1 nitrogen and oxygen atoms in total. The van der Waals surface area contributed by atoms with Gasteiger partial charge in [0.25, 0.3) is 0 Å². The quantitative estimate of drug-likeness (QED) is 0.827. The van der Waals surface area contributed by atoms with Gasteiger partial charge in [-0.25, -0.2) is 0 Å². The van der Waals surface area contributed by atoms with Gasteiger partial charge in [0, 0.05) is 11.4 Å². The van der Waals surface area contributed by atoms with Gasteiger partial charge in [-0.05, 0) is 49.8 Å². The van der Waals surface area contributed by atoms with E-state index in [1.807, 2.05) is 32.0 Å². The van der Waals surface area contributed by atoms with Crippen molar-refractivity contribution in [1.29, 1.82) is 0 Å². The van der Waals surface area contributed by atoms with Crippen LogP contribution in [0, 0.1) is 12.8 Å². The predicted molar refractivity (Wildman–Crippen MR) is 74.6 cm³/mol. The zero-order valence-electron chi connectivity index (χ0n) is 11.3. The van der Waals surface area contributed by atoms with Crippen molar-refractivity contribution in [3.05, 3.63) is 34.3 Å². The Balaban J connectivity index is 2.68. The molecule has 96 valence electrons. The minimum absolute atomic E-state index is 0.620.